The summed E-state index contributed by atoms with van der Waals surface area (Å²) in [5.74, 6) is 8.75. The highest BCUT2D eigenvalue weighted by molar-refractivity contribution is 4.98. The maximum absolute atomic E-state index is 3.03. The lowest BCUT2D eigenvalue weighted by Crippen LogP contribution is -2.47. The monoisotopic (exact) mass is 453 g/mol. The van der Waals surface area contributed by atoms with Crippen molar-refractivity contribution in [2.24, 2.45) is 47.3 Å². The van der Waals surface area contributed by atoms with Crippen molar-refractivity contribution in [3.63, 3.8) is 0 Å². The molecule has 7 fully saturated rings. The molecule has 3 heterocycles. The molecule has 0 aromatic rings. The van der Waals surface area contributed by atoms with Crippen molar-refractivity contribution >= 4 is 0 Å². The van der Waals surface area contributed by atoms with Gasteiger partial charge >= 0.3 is 0 Å². The van der Waals surface area contributed by atoms with Gasteiger partial charge in [0, 0.05) is 6.04 Å². The summed E-state index contributed by atoms with van der Waals surface area (Å²) in [5, 5.41) is 0. The zero-order valence-electron chi connectivity index (χ0n) is 21.9. The third-order valence-electron chi connectivity index (χ3n) is 12.4. The average Bonchev–Trinajstić information content (AvgIpc) is 3.31. The summed E-state index contributed by atoms with van der Waals surface area (Å²) in [6, 6.07) is 0.971. The van der Waals surface area contributed by atoms with E-state index < -0.39 is 0 Å². The first-order chi connectivity index (χ1) is 16.3. The van der Waals surface area contributed by atoms with Gasteiger partial charge < -0.3 is 4.90 Å². The molecular formula is C32H55N. The van der Waals surface area contributed by atoms with E-state index in [-0.39, 0.29) is 0 Å². The molecule has 0 N–H and O–H groups in total. The molecule has 1 heteroatoms. The molecule has 3 saturated heterocycles. The molecule has 0 aromatic heterocycles. The van der Waals surface area contributed by atoms with Crippen LogP contribution >= 0.6 is 0 Å². The molecule has 0 amide bonds. The molecule has 0 radical (unpaired) electrons. The van der Waals surface area contributed by atoms with Gasteiger partial charge in [0.25, 0.3) is 0 Å². The van der Waals surface area contributed by atoms with Gasteiger partial charge in [-0.1, -0.05) is 89.9 Å². The fourth-order valence-corrected chi connectivity index (χ4v) is 10.7. The normalized spacial score (nSPS) is 49.5. The minimum Gasteiger partial charge on any atom is -0.300 e. The van der Waals surface area contributed by atoms with Crippen LogP contribution in [0.4, 0.5) is 0 Å². The summed E-state index contributed by atoms with van der Waals surface area (Å²) in [6.45, 7) is 2.89. The first-order valence-corrected chi connectivity index (χ1v) is 16.1. The summed E-state index contributed by atoms with van der Waals surface area (Å²) >= 11 is 0. The van der Waals surface area contributed by atoms with Crippen LogP contribution in [0.25, 0.3) is 0 Å². The van der Waals surface area contributed by atoms with Gasteiger partial charge in [0.1, 0.15) is 0 Å². The molecule has 1 nitrogen and oxygen atoms in total. The van der Waals surface area contributed by atoms with E-state index in [1.807, 2.05) is 0 Å². The van der Waals surface area contributed by atoms with Crippen molar-refractivity contribution in [1.29, 1.82) is 0 Å². The van der Waals surface area contributed by atoms with E-state index in [1.54, 1.807) is 89.9 Å². The van der Waals surface area contributed by atoms with Crippen molar-refractivity contribution in [1.82, 2.24) is 4.90 Å². The molecule has 8 atom stereocenters. The van der Waals surface area contributed by atoms with E-state index in [1.165, 1.54) is 58.0 Å². The van der Waals surface area contributed by atoms with E-state index in [9.17, 15) is 0 Å². The SMILES string of the molecule is C1CCCC2CCCCC2C2CCCC(C2)C2CC3CCCC(C3C2)N2CCC(CC1)CC2. The van der Waals surface area contributed by atoms with E-state index >= 15 is 0 Å². The molecule has 0 spiro atoms. The molecular weight excluding hydrogens is 398 g/mol. The molecule has 4 saturated carbocycles. The zero-order valence-corrected chi connectivity index (χ0v) is 21.9. The highest BCUT2D eigenvalue weighted by Crippen LogP contribution is 2.54. The summed E-state index contributed by atoms with van der Waals surface area (Å²) in [4.78, 5) is 3.03. The van der Waals surface area contributed by atoms with Gasteiger partial charge in [0.15, 0.2) is 0 Å². The Morgan fingerprint density at radius 3 is 1.82 bits per heavy atom. The number of piperidine rings is 1. The second-order valence-electron chi connectivity index (χ2n) is 14.0. The number of hydrogen-bond donors (Lipinski definition) is 0. The topological polar surface area (TPSA) is 3.24 Å². The predicted octanol–water partition coefficient (Wildman–Crippen LogP) is 8.86. The Morgan fingerprint density at radius 2 is 0.970 bits per heavy atom. The summed E-state index contributed by atoms with van der Waals surface area (Å²) in [6.07, 6.45) is 32.9. The fraction of sp³-hybridized carbons (Fsp3) is 1.00. The highest BCUT2D eigenvalue weighted by atomic mass is 15.2. The molecule has 4 aliphatic carbocycles. The van der Waals surface area contributed by atoms with Crippen molar-refractivity contribution in [3.8, 4) is 0 Å². The lowest BCUT2D eigenvalue weighted by atomic mass is 9.63. The van der Waals surface area contributed by atoms with Crippen LogP contribution in [0.15, 0.2) is 0 Å². The van der Waals surface area contributed by atoms with Crippen LogP contribution in [0.3, 0.4) is 0 Å². The van der Waals surface area contributed by atoms with Crippen LogP contribution in [0.1, 0.15) is 135 Å². The minimum atomic E-state index is 0.971. The lowest BCUT2D eigenvalue weighted by Gasteiger charge is -2.44. The van der Waals surface area contributed by atoms with Crippen LogP contribution < -0.4 is 0 Å². The van der Waals surface area contributed by atoms with Crippen molar-refractivity contribution in [3.05, 3.63) is 0 Å². The number of hydrogen-bond acceptors (Lipinski definition) is 1. The Balaban J connectivity index is 1.19. The van der Waals surface area contributed by atoms with Gasteiger partial charge in [-0.2, -0.15) is 0 Å². The Labute approximate surface area is 206 Å². The highest BCUT2D eigenvalue weighted by Gasteiger charge is 2.46. The summed E-state index contributed by atoms with van der Waals surface area (Å²) in [5.41, 5.74) is 0. The van der Waals surface area contributed by atoms with E-state index in [2.05, 4.69) is 4.90 Å². The number of nitrogens with zero attached hydrogens (tertiary/aromatic N) is 1. The van der Waals surface area contributed by atoms with Gasteiger partial charge in [-0.3, -0.25) is 0 Å². The maximum Gasteiger partial charge on any atom is 0.0126 e. The molecule has 188 valence electrons. The zero-order chi connectivity index (χ0) is 22.0. The summed E-state index contributed by atoms with van der Waals surface area (Å²) in [7, 11) is 0. The van der Waals surface area contributed by atoms with Crippen molar-refractivity contribution in [2.45, 2.75) is 141 Å². The van der Waals surface area contributed by atoms with Gasteiger partial charge in [-0.15, -0.1) is 0 Å². The van der Waals surface area contributed by atoms with Crippen LogP contribution in [-0.4, -0.2) is 24.0 Å². The van der Waals surface area contributed by atoms with Crippen LogP contribution in [0.2, 0.25) is 0 Å². The molecule has 33 heavy (non-hydrogen) atoms. The number of fused-ring (bicyclic) bond motifs is 7. The summed E-state index contributed by atoms with van der Waals surface area (Å²) < 4.78 is 0. The van der Waals surface area contributed by atoms with Crippen molar-refractivity contribution in [2.75, 3.05) is 13.1 Å². The first-order valence-electron chi connectivity index (χ1n) is 16.1. The molecule has 7 rings (SSSR count). The van der Waals surface area contributed by atoms with Gasteiger partial charge in [-0.05, 0) is 105 Å². The van der Waals surface area contributed by atoms with E-state index in [0.717, 1.165) is 53.4 Å². The van der Waals surface area contributed by atoms with E-state index in [0.29, 0.717) is 0 Å². The molecule has 7 aliphatic rings. The standard InChI is InChI=1S/C32H55N/c1-2-4-10-25-11-5-6-15-30(25)27-13-7-12-26(21-27)29-22-28-14-8-16-32(31(28)23-29)33-19-17-24(9-3-1)18-20-33/h24-32H,1-23H2. The molecule has 8 unspecified atom stereocenters. The van der Waals surface area contributed by atoms with Crippen LogP contribution in [0.5, 0.6) is 0 Å². The van der Waals surface area contributed by atoms with Crippen LogP contribution in [0, 0.1) is 47.3 Å². The predicted molar refractivity (Wildman–Crippen MR) is 140 cm³/mol. The third kappa shape index (κ3) is 5.24. The maximum atomic E-state index is 3.03. The molecule has 3 aliphatic heterocycles. The molecule has 6 bridgehead atoms. The number of rotatable bonds is 0. The smallest absolute Gasteiger partial charge is 0.0126 e. The first kappa shape index (κ1) is 23.4. The second-order valence-corrected chi connectivity index (χ2v) is 14.0. The average molecular weight is 454 g/mol. The second kappa shape index (κ2) is 10.9. The quantitative estimate of drug-likeness (QED) is 0.354. The Kier molecular flexibility index (Phi) is 7.73. The Morgan fingerprint density at radius 1 is 0.364 bits per heavy atom. The Hall–Kier alpha value is -0.0400. The van der Waals surface area contributed by atoms with Crippen LogP contribution in [-0.2, 0) is 0 Å². The lowest BCUT2D eigenvalue weighted by molar-refractivity contribution is 0.0486. The molecule has 0 aromatic carbocycles. The largest absolute Gasteiger partial charge is 0.300 e. The van der Waals surface area contributed by atoms with E-state index in [4.69, 9.17) is 0 Å². The fourth-order valence-electron chi connectivity index (χ4n) is 10.7. The van der Waals surface area contributed by atoms with Crippen molar-refractivity contribution < 1.29 is 0 Å². The minimum absolute atomic E-state index is 0.971. The van der Waals surface area contributed by atoms with Gasteiger partial charge in [0.05, 0.1) is 0 Å². The Bertz CT molecular complexity index is 606. The van der Waals surface area contributed by atoms with Gasteiger partial charge in [-0.25, -0.2) is 0 Å². The third-order valence-corrected chi connectivity index (χ3v) is 12.4. The van der Waals surface area contributed by atoms with Gasteiger partial charge in [0.2, 0.25) is 0 Å².